The van der Waals surface area contributed by atoms with Gasteiger partial charge in [0.25, 0.3) is 0 Å². The van der Waals surface area contributed by atoms with Gasteiger partial charge >= 0.3 is 0 Å². The molecule has 2 aromatic carbocycles. The number of ether oxygens (including phenoxy) is 2. The van der Waals surface area contributed by atoms with E-state index in [1.807, 2.05) is 30.3 Å². The molecule has 0 amide bonds. The first kappa shape index (κ1) is 15.3. The van der Waals surface area contributed by atoms with E-state index >= 15 is 0 Å². The molecule has 0 aliphatic heterocycles. The van der Waals surface area contributed by atoms with Gasteiger partial charge in [-0.25, -0.2) is 0 Å². The van der Waals surface area contributed by atoms with E-state index in [-0.39, 0.29) is 0 Å². The van der Waals surface area contributed by atoms with E-state index in [1.165, 1.54) is 5.56 Å². The molecule has 21 heavy (non-hydrogen) atoms. The molecule has 0 atom stereocenters. The average molecular weight is 301 g/mol. The summed E-state index contributed by atoms with van der Waals surface area (Å²) in [4.78, 5) is 0.336. The van der Waals surface area contributed by atoms with E-state index in [9.17, 15) is 0 Å². The second-order valence-electron chi connectivity index (χ2n) is 4.70. The number of benzene rings is 2. The zero-order valence-electron chi connectivity index (χ0n) is 12.0. The van der Waals surface area contributed by atoms with Crippen molar-refractivity contribution >= 4 is 17.2 Å². The van der Waals surface area contributed by atoms with Gasteiger partial charge in [0.05, 0.1) is 13.7 Å². The Labute approximate surface area is 130 Å². The predicted molar refractivity (Wildman–Crippen MR) is 89.1 cm³/mol. The Hall–Kier alpha value is -2.07. The Kier molecular flexibility index (Phi) is 5.58. The van der Waals surface area contributed by atoms with E-state index in [4.69, 9.17) is 27.4 Å². The maximum atomic E-state index is 5.77. The predicted octanol–water partition coefficient (Wildman–Crippen LogP) is 3.34. The van der Waals surface area contributed by atoms with Crippen LogP contribution in [-0.4, -0.2) is 18.7 Å². The number of nitrogens with two attached hydrogens (primary N) is 1. The number of rotatable bonds is 7. The van der Waals surface area contributed by atoms with Gasteiger partial charge in [0.1, 0.15) is 16.5 Å². The molecule has 2 rings (SSSR count). The van der Waals surface area contributed by atoms with Crippen LogP contribution in [0.5, 0.6) is 11.5 Å². The van der Waals surface area contributed by atoms with Gasteiger partial charge in [0, 0.05) is 11.6 Å². The number of hydrogen-bond acceptors (Lipinski definition) is 3. The monoisotopic (exact) mass is 301 g/mol. The Balaban J connectivity index is 1.90. The number of thiocarbonyl (C=S) groups is 1. The molecule has 0 unspecified atom stereocenters. The van der Waals surface area contributed by atoms with Crippen LogP contribution in [0.1, 0.15) is 17.5 Å². The zero-order valence-corrected chi connectivity index (χ0v) is 12.9. The molecule has 0 heterocycles. The lowest BCUT2D eigenvalue weighted by molar-refractivity contribution is 0.308. The molecule has 0 aliphatic rings. The molecule has 4 heteroatoms. The Morgan fingerprint density at radius 2 is 1.81 bits per heavy atom. The Morgan fingerprint density at radius 3 is 2.48 bits per heavy atom. The second-order valence-corrected chi connectivity index (χ2v) is 5.14. The zero-order chi connectivity index (χ0) is 15.1. The SMILES string of the molecule is COc1cc(OCCCc2ccccc2)cc(C(N)=S)c1. The highest BCUT2D eigenvalue weighted by Crippen LogP contribution is 2.23. The third-order valence-electron chi connectivity index (χ3n) is 3.12. The molecular formula is C17H19NO2S. The summed E-state index contributed by atoms with van der Waals surface area (Å²) in [6.07, 6.45) is 1.94. The molecule has 0 saturated heterocycles. The maximum absolute atomic E-state index is 5.77. The van der Waals surface area contributed by atoms with Crippen molar-refractivity contribution < 1.29 is 9.47 Å². The fourth-order valence-corrected chi connectivity index (χ4v) is 2.14. The van der Waals surface area contributed by atoms with Gasteiger partial charge in [-0.3, -0.25) is 0 Å². The number of methoxy groups -OCH3 is 1. The van der Waals surface area contributed by atoms with Crippen molar-refractivity contribution in [3.63, 3.8) is 0 Å². The van der Waals surface area contributed by atoms with Crippen LogP contribution in [0.2, 0.25) is 0 Å². The standard InChI is InChI=1S/C17H19NO2S/c1-19-15-10-14(17(18)21)11-16(12-15)20-9-5-8-13-6-3-2-4-7-13/h2-4,6-7,10-12H,5,8-9H2,1H3,(H2,18,21). The maximum Gasteiger partial charge on any atom is 0.123 e. The molecule has 0 saturated carbocycles. The number of hydrogen-bond donors (Lipinski definition) is 1. The highest BCUT2D eigenvalue weighted by molar-refractivity contribution is 7.80. The summed E-state index contributed by atoms with van der Waals surface area (Å²) >= 11 is 5.00. The van der Waals surface area contributed by atoms with Crippen molar-refractivity contribution in [2.75, 3.05) is 13.7 Å². The van der Waals surface area contributed by atoms with Crippen molar-refractivity contribution in [1.29, 1.82) is 0 Å². The van der Waals surface area contributed by atoms with Crippen molar-refractivity contribution in [2.45, 2.75) is 12.8 Å². The fourth-order valence-electron chi connectivity index (χ4n) is 2.03. The molecule has 0 aliphatic carbocycles. The molecular weight excluding hydrogens is 282 g/mol. The molecule has 2 N–H and O–H groups in total. The van der Waals surface area contributed by atoms with Crippen molar-refractivity contribution in [3.8, 4) is 11.5 Å². The van der Waals surface area contributed by atoms with Gasteiger partial charge in [0.2, 0.25) is 0 Å². The lowest BCUT2D eigenvalue weighted by Gasteiger charge is -2.10. The van der Waals surface area contributed by atoms with Crippen LogP contribution >= 0.6 is 12.2 Å². The lowest BCUT2D eigenvalue weighted by atomic mass is 10.1. The first-order valence-electron chi connectivity index (χ1n) is 6.84. The molecule has 0 radical (unpaired) electrons. The van der Waals surface area contributed by atoms with Crippen LogP contribution in [0.4, 0.5) is 0 Å². The van der Waals surface area contributed by atoms with Gasteiger partial charge in [-0.1, -0.05) is 42.5 Å². The molecule has 0 bridgehead atoms. The largest absolute Gasteiger partial charge is 0.497 e. The highest BCUT2D eigenvalue weighted by Gasteiger charge is 2.04. The van der Waals surface area contributed by atoms with Crippen molar-refractivity contribution in [1.82, 2.24) is 0 Å². The molecule has 0 aromatic heterocycles. The summed E-state index contributed by atoms with van der Waals surface area (Å²) in [7, 11) is 1.61. The normalized spacial score (nSPS) is 10.1. The second kappa shape index (κ2) is 7.64. The fraction of sp³-hybridized carbons (Fsp3) is 0.235. The quantitative estimate of drug-likeness (QED) is 0.629. The van der Waals surface area contributed by atoms with Crippen molar-refractivity contribution in [3.05, 3.63) is 59.7 Å². The lowest BCUT2D eigenvalue weighted by Crippen LogP contribution is -2.10. The minimum absolute atomic E-state index is 0.336. The van der Waals surface area contributed by atoms with E-state index in [1.54, 1.807) is 13.2 Å². The van der Waals surface area contributed by atoms with Crippen LogP contribution in [-0.2, 0) is 6.42 Å². The Morgan fingerprint density at radius 1 is 1.10 bits per heavy atom. The van der Waals surface area contributed by atoms with E-state index in [0.29, 0.717) is 17.3 Å². The van der Waals surface area contributed by atoms with E-state index in [0.717, 1.165) is 24.2 Å². The first-order chi connectivity index (χ1) is 10.2. The first-order valence-corrected chi connectivity index (χ1v) is 7.25. The van der Waals surface area contributed by atoms with Crippen LogP contribution in [0.3, 0.4) is 0 Å². The summed E-state index contributed by atoms with van der Waals surface area (Å²) < 4.78 is 11.0. The van der Waals surface area contributed by atoms with Gasteiger partial charge in [-0.05, 0) is 30.5 Å². The van der Waals surface area contributed by atoms with Gasteiger partial charge in [-0.15, -0.1) is 0 Å². The van der Waals surface area contributed by atoms with Crippen LogP contribution in [0.15, 0.2) is 48.5 Å². The minimum Gasteiger partial charge on any atom is -0.497 e. The molecule has 2 aromatic rings. The van der Waals surface area contributed by atoms with Gasteiger partial charge in [-0.2, -0.15) is 0 Å². The van der Waals surface area contributed by atoms with Crippen molar-refractivity contribution in [2.24, 2.45) is 5.73 Å². The van der Waals surface area contributed by atoms with Gasteiger partial charge < -0.3 is 15.2 Å². The van der Waals surface area contributed by atoms with Gasteiger partial charge in [0.15, 0.2) is 0 Å². The summed E-state index contributed by atoms with van der Waals surface area (Å²) in [6.45, 7) is 0.638. The molecule has 3 nitrogen and oxygen atoms in total. The third kappa shape index (κ3) is 4.76. The highest BCUT2D eigenvalue weighted by atomic mass is 32.1. The van der Waals surface area contributed by atoms with E-state index < -0.39 is 0 Å². The number of aryl methyl sites for hydroxylation is 1. The van der Waals surface area contributed by atoms with Crippen LogP contribution < -0.4 is 15.2 Å². The smallest absolute Gasteiger partial charge is 0.123 e. The summed E-state index contributed by atoms with van der Waals surface area (Å²) in [5, 5.41) is 0. The third-order valence-corrected chi connectivity index (χ3v) is 3.36. The van der Waals surface area contributed by atoms with Crippen LogP contribution in [0, 0.1) is 0 Å². The summed E-state index contributed by atoms with van der Waals surface area (Å²) in [6, 6.07) is 15.8. The van der Waals surface area contributed by atoms with Crippen LogP contribution in [0.25, 0.3) is 0 Å². The minimum atomic E-state index is 0.336. The molecule has 0 fully saturated rings. The molecule has 110 valence electrons. The summed E-state index contributed by atoms with van der Waals surface area (Å²) in [5.74, 6) is 1.42. The summed E-state index contributed by atoms with van der Waals surface area (Å²) in [5.41, 5.74) is 7.72. The average Bonchev–Trinajstić information content (AvgIpc) is 2.52. The Bertz CT molecular complexity index is 599. The molecule has 0 spiro atoms. The van der Waals surface area contributed by atoms with E-state index in [2.05, 4.69) is 12.1 Å². The topological polar surface area (TPSA) is 44.5 Å².